The molecule has 23 heavy (non-hydrogen) atoms. The molecule has 0 aliphatic rings. The van der Waals surface area contributed by atoms with E-state index in [0.29, 0.717) is 0 Å². The molecule has 0 spiro atoms. The zero-order chi connectivity index (χ0) is 15.7. The Labute approximate surface area is 187 Å². The Morgan fingerprint density at radius 3 is 0.870 bits per heavy atom. The van der Waals surface area contributed by atoms with Gasteiger partial charge in [0.25, 0.3) is 0 Å². The summed E-state index contributed by atoms with van der Waals surface area (Å²) >= 11 is 0. The molecule has 0 aromatic heterocycles. The van der Waals surface area contributed by atoms with E-state index >= 15 is 0 Å². The van der Waals surface area contributed by atoms with Crippen molar-refractivity contribution in [2.45, 2.75) is 0 Å². The maximum absolute atomic E-state index is 10.4. The van der Waals surface area contributed by atoms with Crippen molar-refractivity contribution in [3.63, 3.8) is 0 Å². The number of carboxylic acids is 4. The number of rotatable bonds is 11. The second kappa shape index (κ2) is 17.2. The Kier molecular flexibility index (Phi) is 23.2. The van der Waals surface area contributed by atoms with Crippen molar-refractivity contribution >= 4 is 23.9 Å². The van der Waals surface area contributed by atoms with Crippen LogP contribution in [0.25, 0.3) is 0 Å². The molecule has 0 aromatic rings. The fourth-order valence-electron chi connectivity index (χ4n) is 1.44. The van der Waals surface area contributed by atoms with E-state index in [1.54, 1.807) is 0 Å². The number of hydrogen-bond donors (Lipinski definition) is 0. The molecule has 0 aliphatic heterocycles. The van der Waals surface area contributed by atoms with Crippen LogP contribution in [0.4, 0.5) is 0 Å². The molecule has 0 N–H and O–H groups in total. The van der Waals surface area contributed by atoms with E-state index < -0.39 is 50.1 Å². The molecule has 0 aromatic carbocycles. The molecule has 13 heteroatoms. The molecule has 0 fully saturated rings. The van der Waals surface area contributed by atoms with Crippen molar-refractivity contribution in [1.29, 1.82) is 0 Å². The van der Waals surface area contributed by atoms with E-state index in [1.807, 2.05) is 0 Å². The van der Waals surface area contributed by atoms with Crippen molar-refractivity contribution < 1.29 is 116 Å². The molecule has 0 saturated carbocycles. The van der Waals surface area contributed by atoms with Gasteiger partial charge in [-0.1, -0.05) is 0 Å². The zero-order valence-electron chi connectivity index (χ0n) is 12.8. The fraction of sp³-hybridized carbons (Fsp3) is 0.600. The molecule has 0 aliphatic carbocycles. The average Bonchev–Trinajstić information content (AvgIpc) is 2.22. The third-order valence-corrected chi connectivity index (χ3v) is 2.14. The van der Waals surface area contributed by atoms with E-state index in [9.17, 15) is 39.6 Å². The first-order valence-electron chi connectivity index (χ1n) is 5.44. The number of nitrogens with zero attached hydrogens (tertiary/aromatic N) is 2. The van der Waals surface area contributed by atoms with Crippen LogP contribution < -0.4 is 79.5 Å². The van der Waals surface area contributed by atoms with Crippen LogP contribution in [-0.4, -0.2) is 72.9 Å². The van der Waals surface area contributed by atoms with Crippen molar-refractivity contribution in [2.24, 2.45) is 0 Å². The summed E-state index contributed by atoms with van der Waals surface area (Å²) in [6.45, 7) is -3.25. The van der Waals surface area contributed by atoms with Crippen molar-refractivity contribution in [3.8, 4) is 0 Å². The third kappa shape index (κ3) is 20.3. The van der Waals surface area contributed by atoms with Crippen LogP contribution in [0.15, 0.2) is 0 Å². The van der Waals surface area contributed by atoms with Gasteiger partial charge < -0.3 is 39.6 Å². The standard InChI is InChI=1S/C10H16N2O8.Cr.2Na/c13-7(14)3-11(4-8(15)16)1-2-12(5-9(17)18)6-10(19)20;;;/h1-6H2,(H,13,14)(H,15,16)(H,17,18)(H,19,20);;;/q;+2;2*+1/p-4. The van der Waals surface area contributed by atoms with Crippen LogP contribution in [-0.2, 0) is 36.5 Å². The molecular weight excluding hydrogens is 374 g/mol. The fourth-order valence-corrected chi connectivity index (χ4v) is 1.44. The van der Waals surface area contributed by atoms with Gasteiger partial charge in [-0.3, -0.25) is 9.80 Å². The summed E-state index contributed by atoms with van der Waals surface area (Å²) < 4.78 is 0. The Morgan fingerprint density at radius 1 is 0.565 bits per heavy atom. The van der Waals surface area contributed by atoms with Gasteiger partial charge in [0.05, 0.1) is 23.9 Å². The van der Waals surface area contributed by atoms with Gasteiger partial charge in [0, 0.05) is 39.3 Å². The molecule has 10 nitrogen and oxygen atoms in total. The number of aliphatic carboxylic acids is 4. The van der Waals surface area contributed by atoms with Crippen molar-refractivity contribution in [2.75, 3.05) is 39.3 Å². The third-order valence-electron chi connectivity index (χ3n) is 2.14. The maximum Gasteiger partial charge on any atom is 2.00 e. The molecule has 0 bridgehead atoms. The van der Waals surface area contributed by atoms with Gasteiger partial charge in [0.1, 0.15) is 0 Å². The second-order valence-corrected chi connectivity index (χ2v) is 3.91. The zero-order valence-corrected chi connectivity index (χ0v) is 18.1. The summed E-state index contributed by atoms with van der Waals surface area (Å²) in [5.41, 5.74) is 0. The average molecular weight is 386 g/mol. The normalized spacial score (nSPS) is 9.30. The minimum absolute atomic E-state index is 0. The predicted octanol–water partition coefficient (Wildman–Crippen LogP) is -13.4. The number of carboxylic acid groups (broad SMARTS) is 4. The predicted molar refractivity (Wildman–Crippen MR) is 52.9 cm³/mol. The van der Waals surface area contributed by atoms with Gasteiger partial charge in [0.15, 0.2) is 0 Å². The summed E-state index contributed by atoms with van der Waals surface area (Å²) in [5, 5.41) is 41.6. The SMILES string of the molecule is O=C([O-])CN(CCN(CC(=O)[O-])CC(=O)[O-])CC(=O)[O-].[Cr+2].[Na+].[Na+]. The Morgan fingerprint density at radius 2 is 0.739 bits per heavy atom. The van der Waals surface area contributed by atoms with E-state index in [1.165, 1.54) is 0 Å². The van der Waals surface area contributed by atoms with Crippen LogP contribution in [0.5, 0.6) is 0 Å². The first-order valence-corrected chi connectivity index (χ1v) is 5.44. The summed E-state index contributed by atoms with van der Waals surface area (Å²) in [4.78, 5) is 43.4. The largest absolute Gasteiger partial charge is 2.00 e. The van der Waals surface area contributed by atoms with Crippen molar-refractivity contribution in [3.05, 3.63) is 0 Å². The van der Waals surface area contributed by atoms with E-state index in [4.69, 9.17) is 0 Å². The Bertz CT molecular complexity index is 331. The van der Waals surface area contributed by atoms with Crippen molar-refractivity contribution in [1.82, 2.24) is 9.80 Å². The molecule has 0 radical (unpaired) electrons. The monoisotopic (exact) mass is 386 g/mol. The number of carbonyl (C=O) groups is 4. The molecule has 0 unspecified atom stereocenters. The van der Waals surface area contributed by atoms with Gasteiger partial charge in [-0.25, -0.2) is 0 Å². The molecule has 118 valence electrons. The molecule has 0 atom stereocenters. The maximum atomic E-state index is 10.4. The van der Waals surface area contributed by atoms with Crippen LogP contribution >= 0.6 is 0 Å². The van der Waals surface area contributed by atoms with E-state index in [0.717, 1.165) is 9.80 Å². The second-order valence-electron chi connectivity index (χ2n) is 3.91. The molecular formula is C10H12CrN2Na2O8. The van der Waals surface area contributed by atoms with E-state index in [2.05, 4.69) is 0 Å². The Balaban J connectivity index is -0.000000602. The summed E-state index contributed by atoms with van der Waals surface area (Å²) in [7, 11) is 0. The molecule has 0 heterocycles. The van der Waals surface area contributed by atoms with E-state index in [-0.39, 0.29) is 89.6 Å². The smallest absolute Gasteiger partial charge is 0.549 e. The van der Waals surface area contributed by atoms with Gasteiger partial charge in [-0.15, -0.1) is 0 Å². The minimum atomic E-state index is -1.53. The molecule has 0 saturated heterocycles. The summed E-state index contributed by atoms with van der Waals surface area (Å²) in [6.07, 6.45) is 0. The van der Waals surface area contributed by atoms with Gasteiger partial charge in [0.2, 0.25) is 0 Å². The van der Waals surface area contributed by atoms with Crippen LogP contribution in [0, 0.1) is 0 Å². The quantitative estimate of drug-likeness (QED) is 0.311. The number of carbonyl (C=O) groups excluding carboxylic acids is 4. The minimum Gasteiger partial charge on any atom is -0.549 e. The van der Waals surface area contributed by atoms with Crippen LogP contribution in [0.1, 0.15) is 0 Å². The van der Waals surface area contributed by atoms with Gasteiger partial charge in [-0.2, -0.15) is 0 Å². The molecule has 0 rings (SSSR count). The topological polar surface area (TPSA) is 167 Å². The summed E-state index contributed by atoms with van der Waals surface area (Å²) in [5.74, 6) is -6.12. The molecule has 0 amide bonds. The summed E-state index contributed by atoms with van der Waals surface area (Å²) in [6, 6.07) is 0. The van der Waals surface area contributed by atoms with Crippen LogP contribution in [0.3, 0.4) is 0 Å². The van der Waals surface area contributed by atoms with Crippen LogP contribution in [0.2, 0.25) is 0 Å². The first-order chi connectivity index (χ1) is 9.20. The van der Waals surface area contributed by atoms with Gasteiger partial charge >= 0.3 is 76.5 Å². The van der Waals surface area contributed by atoms with Gasteiger partial charge in [-0.05, 0) is 0 Å². The Hall–Kier alpha value is 0.332. The number of hydrogen-bond acceptors (Lipinski definition) is 10. The first kappa shape index (κ1) is 31.1.